The van der Waals surface area contributed by atoms with Gasteiger partial charge in [-0.05, 0) is 36.5 Å². The van der Waals surface area contributed by atoms with Crippen LogP contribution in [0.2, 0.25) is 0 Å². The van der Waals surface area contributed by atoms with Gasteiger partial charge in [0.15, 0.2) is 0 Å². The summed E-state index contributed by atoms with van der Waals surface area (Å²) >= 11 is 0. The molecule has 0 unspecified atom stereocenters. The lowest BCUT2D eigenvalue weighted by molar-refractivity contribution is -0.144. The maximum Gasteiger partial charge on any atom is 0.240 e. The highest BCUT2D eigenvalue weighted by Gasteiger charge is 2.58. The van der Waals surface area contributed by atoms with E-state index in [1.165, 1.54) is 5.56 Å². The molecule has 0 radical (unpaired) electrons. The Morgan fingerprint density at radius 2 is 1.68 bits per heavy atom. The van der Waals surface area contributed by atoms with Crippen LogP contribution in [0, 0.1) is 5.41 Å². The largest absolute Gasteiger partial charge is 0.342 e. The Kier molecular flexibility index (Phi) is 4.79. The van der Waals surface area contributed by atoms with E-state index >= 15 is 0 Å². The molecule has 1 aliphatic carbocycles. The second kappa shape index (κ2) is 6.86. The molecule has 1 heterocycles. The highest BCUT2D eigenvalue weighted by Crippen LogP contribution is 2.48. The lowest BCUT2D eigenvalue weighted by Crippen LogP contribution is -2.52. The number of hydrogen-bond acceptors (Lipinski definition) is 3. The first kappa shape index (κ1) is 17.5. The van der Waals surface area contributed by atoms with E-state index in [4.69, 9.17) is 0 Å². The SMILES string of the molecule is CC(C)c1ccc(NC(=O)C2(C(=O)N3CCN(C=O)CC3)CC2)cc1. The molecule has 1 saturated heterocycles. The minimum Gasteiger partial charge on any atom is -0.342 e. The molecule has 0 aromatic heterocycles. The molecule has 3 rings (SSSR count). The summed E-state index contributed by atoms with van der Waals surface area (Å²) in [4.78, 5) is 39.7. The summed E-state index contributed by atoms with van der Waals surface area (Å²) in [5.74, 6) is 0.119. The van der Waals surface area contributed by atoms with E-state index in [0.29, 0.717) is 44.9 Å². The Labute approximate surface area is 148 Å². The zero-order valence-electron chi connectivity index (χ0n) is 14.8. The van der Waals surface area contributed by atoms with Crippen molar-refractivity contribution in [1.29, 1.82) is 0 Å². The zero-order valence-corrected chi connectivity index (χ0v) is 14.8. The van der Waals surface area contributed by atoms with E-state index in [1.54, 1.807) is 9.80 Å². The van der Waals surface area contributed by atoms with Crippen LogP contribution in [0.25, 0.3) is 0 Å². The topological polar surface area (TPSA) is 69.7 Å². The number of piperazine rings is 1. The average Bonchev–Trinajstić information content (AvgIpc) is 3.43. The first-order valence-electron chi connectivity index (χ1n) is 8.86. The van der Waals surface area contributed by atoms with Crippen LogP contribution < -0.4 is 5.32 Å². The van der Waals surface area contributed by atoms with Crippen LogP contribution in [-0.4, -0.2) is 54.2 Å². The average molecular weight is 343 g/mol. The number of carbonyl (C=O) groups excluding carboxylic acids is 3. The highest BCUT2D eigenvalue weighted by atomic mass is 16.2. The van der Waals surface area contributed by atoms with Crippen LogP contribution in [0.3, 0.4) is 0 Å². The second-order valence-corrected chi connectivity index (χ2v) is 7.25. The van der Waals surface area contributed by atoms with Gasteiger partial charge in [0.25, 0.3) is 0 Å². The summed E-state index contributed by atoms with van der Waals surface area (Å²) in [5.41, 5.74) is 1.02. The first-order chi connectivity index (χ1) is 12.0. The zero-order chi connectivity index (χ0) is 18.0. The Hall–Kier alpha value is -2.37. The molecule has 6 heteroatoms. The van der Waals surface area contributed by atoms with E-state index in [2.05, 4.69) is 19.2 Å². The Balaban J connectivity index is 1.63. The van der Waals surface area contributed by atoms with Crippen molar-refractivity contribution in [2.45, 2.75) is 32.6 Å². The van der Waals surface area contributed by atoms with Crippen molar-refractivity contribution in [3.8, 4) is 0 Å². The van der Waals surface area contributed by atoms with Gasteiger partial charge < -0.3 is 15.1 Å². The summed E-state index contributed by atoms with van der Waals surface area (Å²) in [7, 11) is 0. The van der Waals surface area contributed by atoms with Gasteiger partial charge >= 0.3 is 0 Å². The summed E-state index contributed by atoms with van der Waals surface area (Å²) in [6.45, 7) is 6.30. The van der Waals surface area contributed by atoms with Crippen molar-refractivity contribution in [3.05, 3.63) is 29.8 Å². The number of amides is 3. The third-order valence-electron chi connectivity index (χ3n) is 5.18. The molecule has 1 aliphatic heterocycles. The monoisotopic (exact) mass is 343 g/mol. The number of nitrogens with zero attached hydrogens (tertiary/aromatic N) is 2. The van der Waals surface area contributed by atoms with Crippen molar-refractivity contribution in [2.24, 2.45) is 5.41 Å². The predicted octanol–water partition coefficient (Wildman–Crippen LogP) is 1.83. The third kappa shape index (κ3) is 3.52. The molecular weight excluding hydrogens is 318 g/mol. The molecule has 134 valence electrons. The van der Waals surface area contributed by atoms with E-state index in [9.17, 15) is 14.4 Å². The summed E-state index contributed by atoms with van der Waals surface area (Å²) in [6, 6.07) is 7.77. The summed E-state index contributed by atoms with van der Waals surface area (Å²) in [5, 5.41) is 2.90. The van der Waals surface area contributed by atoms with Crippen molar-refractivity contribution >= 4 is 23.9 Å². The van der Waals surface area contributed by atoms with Gasteiger partial charge in [-0.2, -0.15) is 0 Å². The van der Waals surface area contributed by atoms with Gasteiger partial charge in [-0.15, -0.1) is 0 Å². The molecule has 25 heavy (non-hydrogen) atoms. The Morgan fingerprint density at radius 3 is 2.16 bits per heavy atom. The molecule has 0 spiro atoms. The molecular formula is C19H25N3O3. The van der Waals surface area contributed by atoms with Crippen LogP contribution in [0.1, 0.15) is 38.2 Å². The highest BCUT2D eigenvalue weighted by molar-refractivity contribution is 6.13. The van der Waals surface area contributed by atoms with Crippen LogP contribution in [0.5, 0.6) is 0 Å². The van der Waals surface area contributed by atoms with Crippen LogP contribution in [0.4, 0.5) is 5.69 Å². The fourth-order valence-electron chi connectivity index (χ4n) is 3.20. The number of hydrogen-bond donors (Lipinski definition) is 1. The minimum absolute atomic E-state index is 0.102. The summed E-state index contributed by atoms with van der Waals surface area (Å²) in [6.07, 6.45) is 1.99. The van der Waals surface area contributed by atoms with E-state index in [0.717, 1.165) is 12.1 Å². The summed E-state index contributed by atoms with van der Waals surface area (Å²) < 4.78 is 0. The van der Waals surface area contributed by atoms with Crippen molar-refractivity contribution < 1.29 is 14.4 Å². The normalized spacial score (nSPS) is 18.8. The number of anilines is 1. The number of carbonyl (C=O) groups is 3. The van der Waals surface area contributed by atoms with Crippen LogP contribution >= 0.6 is 0 Å². The van der Waals surface area contributed by atoms with Gasteiger partial charge in [0.05, 0.1) is 0 Å². The van der Waals surface area contributed by atoms with E-state index < -0.39 is 5.41 Å². The standard InChI is InChI=1S/C19H25N3O3/c1-14(2)15-3-5-16(6-4-15)20-17(24)19(7-8-19)18(25)22-11-9-21(13-23)10-12-22/h3-6,13-14H,7-12H2,1-2H3,(H,20,24). The number of rotatable bonds is 5. The molecule has 6 nitrogen and oxygen atoms in total. The van der Waals surface area contributed by atoms with Crippen molar-refractivity contribution in [3.63, 3.8) is 0 Å². The molecule has 1 N–H and O–H groups in total. The second-order valence-electron chi connectivity index (χ2n) is 7.25. The molecule has 1 saturated carbocycles. The predicted molar refractivity (Wildman–Crippen MR) is 95.0 cm³/mol. The van der Waals surface area contributed by atoms with Crippen molar-refractivity contribution in [1.82, 2.24) is 9.80 Å². The molecule has 0 atom stereocenters. The molecule has 3 amide bonds. The molecule has 2 aliphatic rings. The number of benzene rings is 1. The molecule has 1 aromatic rings. The molecule has 1 aromatic carbocycles. The van der Waals surface area contributed by atoms with Gasteiger partial charge in [-0.1, -0.05) is 26.0 Å². The Morgan fingerprint density at radius 1 is 1.08 bits per heavy atom. The smallest absolute Gasteiger partial charge is 0.240 e. The first-order valence-corrected chi connectivity index (χ1v) is 8.86. The van der Waals surface area contributed by atoms with E-state index in [-0.39, 0.29) is 11.8 Å². The fraction of sp³-hybridized carbons (Fsp3) is 0.526. The fourth-order valence-corrected chi connectivity index (χ4v) is 3.20. The van der Waals surface area contributed by atoms with Gasteiger partial charge in [0.1, 0.15) is 5.41 Å². The van der Waals surface area contributed by atoms with Gasteiger partial charge in [0, 0.05) is 31.9 Å². The third-order valence-corrected chi connectivity index (χ3v) is 5.18. The minimum atomic E-state index is -0.917. The van der Waals surface area contributed by atoms with Gasteiger partial charge in [0.2, 0.25) is 18.2 Å². The van der Waals surface area contributed by atoms with Crippen molar-refractivity contribution in [2.75, 3.05) is 31.5 Å². The maximum absolute atomic E-state index is 12.8. The lowest BCUT2D eigenvalue weighted by Gasteiger charge is -2.34. The Bertz CT molecular complexity index is 657. The molecule has 0 bridgehead atoms. The van der Waals surface area contributed by atoms with Gasteiger partial charge in [-0.3, -0.25) is 14.4 Å². The molecule has 2 fully saturated rings. The lowest BCUT2D eigenvalue weighted by atomic mass is 10.0. The maximum atomic E-state index is 12.8. The van der Waals surface area contributed by atoms with Crippen LogP contribution in [0.15, 0.2) is 24.3 Å². The number of nitrogens with one attached hydrogen (secondary N) is 1. The van der Waals surface area contributed by atoms with E-state index in [1.807, 2.05) is 24.3 Å². The van der Waals surface area contributed by atoms with Crippen LogP contribution in [-0.2, 0) is 14.4 Å². The van der Waals surface area contributed by atoms with Gasteiger partial charge in [-0.25, -0.2) is 0 Å². The quantitative estimate of drug-likeness (QED) is 0.655.